The number of fused-ring (bicyclic) bond motifs is 2. The number of rotatable bonds is 3. The topological polar surface area (TPSA) is 64.0 Å². The highest BCUT2D eigenvalue weighted by Crippen LogP contribution is 2.19. The van der Waals surface area contributed by atoms with Gasteiger partial charge in [0.15, 0.2) is 11.6 Å². The zero-order valence-electron chi connectivity index (χ0n) is 14.6. The van der Waals surface area contributed by atoms with Gasteiger partial charge in [0.05, 0.1) is 16.9 Å². The molecule has 0 unspecified atom stereocenters. The molecule has 5 nitrogen and oxygen atoms in total. The highest BCUT2D eigenvalue weighted by atomic mass is 19.2. The van der Waals surface area contributed by atoms with Gasteiger partial charge in [-0.15, -0.1) is 0 Å². The maximum Gasteiger partial charge on any atom is 0.261 e. The van der Waals surface area contributed by atoms with Crippen LogP contribution in [0.4, 0.5) is 8.78 Å². The highest BCUT2D eigenvalue weighted by molar-refractivity contribution is 5.97. The van der Waals surface area contributed by atoms with Crippen LogP contribution in [0.2, 0.25) is 0 Å². The van der Waals surface area contributed by atoms with Gasteiger partial charge in [-0.3, -0.25) is 14.2 Å². The van der Waals surface area contributed by atoms with Crippen molar-refractivity contribution in [3.05, 3.63) is 75.3 Å². The monoisotopic (exact) mass is 369 g/mol. The Balaban J connectivity index is 1.61. The fourth-order valence-electron chi connectivity index (χ4n) is 3.37. The molecule has 27 heavy (non-hydrogen) atoms. The summed E-state index contributed by atoms with van der Waals surface area (Å²) in [6, 6.07) is 7.77. The van der Waals surface area contributed by atoms with E-state index < -0.39 is 17.7 Å². The second kappa shape index (κ2) is 6.57. The lowest BCUT2D eigenvalue weighted by atomic mass is 10.1. The lowest BCUT2D eigenvalue weighted by molar-refractivity contribution is 0.0940. The molecule has 7 heteroatoms. The molecule has 0 fully saturated rings. The summed E-state index contributed by atoms with van der Waals surface area (Å²) in [6.45, 7) is 2.36. The van der Waals surface area contributed by atoms with Crippen molar-refractivity contribution in [1.29, 1.82) is 0 Å². The summed E-state index contributed by atoms with van der Waals surface area (Å²) in [4.78, 5) is 29.5. The van der Waals surface area contributed by atoms with Crippen LogP contribution in [-0.4, -0.2) is 15.5 Å². The van der Waals surface area contributed by atoms with Crippen molar-refractivity contribution in [2.75, 3.05) is 0 Å². The number of benzene rings is 2. The normalized spacial score (nSPS) is 14.2. The first-order valence-corrected chi connectivity index (χ1v) is 8.73. The van der Waals surface area contributed by atoms with E-state index in [1.165, 1.54) is 6.07 Å². The molecule has 2 heterocycles. The summed E-state index contributed by atoms with van der Waals surface area (Å²) in [6.07, 6.45) is 1.63. The summed E-state index contributed by atoms with van der Waals surface area (Å²) in [5.41, 5.74) is 1.21. The van der Waals surface area contributed by atoms with Gasteiger partial charge in [0.2, 0.25) is 0 Å². The second-order valence-electron chi connectivity index (χ2n) is 6.69. The van der Waals surface area contributed by atoms with Crippen LogP contribution in [0.15, 0.2) is 41.2 Å². The Bertz CT molecular complexity index is 1120. The van der Waals surface area contributed by atoms with Crippen molar-refractivity contribution >= 4 is 16.8 Å². The maximum absolute atomic E-state index is 13.4. The van der Waals surface area contributed by atoms with E-state index in [4.69, 9.17) is 0 Å². The lowest BCUT2D eigenvalue weighted by Crippen LogP contribution is -2.27. The molecule has 1 N–H and O–H groups in total. The van der Waals surface area contributed by atoms with Crippen LogP contribution in [-0.2, 0) is 13.0 Å². The average molecular weight is 369 g/mol. The Labute approximate surface area is 153 Å². The predicted molar refractivity (Wildman–Crippen MR) is 96.6 cm³/mol. The van der Waals surface area contributed by atoms with Crippen LogP contribution >= 0.6 is 0 Å². The van der Waals surface area contributed by atoms with Gasteiger partial charge in [-0.25, -0.2) is 13.8 Å². The molecular weight excluding hydrogens is 352 g/mol. The number of carbonyl (C=O) groups excluding carboxylic acids is 1. The molecule has 0 saturated carbocycles. The Morgan fingerprint density at radius 2 is 2.00 bits per heavy atom. The average Bonchev–Trinajstić information content (AvgIpc) is 3.12. The smallest absolute Gasteiger partial charge is 0.261 e. The van der Waals surface area contributed by atoms with Crippen LogP contribution in [0.5, 0.6) is 0 Å². The van der Waals surface area contributed by atoms with E-state index in [0.29, 0.717) is 28.6 Å². The summed E-state index contributed by atoms with van der Waals surface area (Å²) in [5.74, 6) is -1.54. The molecule has 0 radical (unpaired) electrons. The van der Waals surface area contributed by atoms with Crippen molar-refractivity contribution in [2.24, 2.45) is 0 Å². The largest absolute Gasteiger partial charge is 0.346 e. The van der Waals surface area contributed by atoms with Gasteiger partial charge in [-0.2, -0.15) is 0 Å². The van der Waals surface area contributed by atoms with Gasteiger partial charge in [-0.1, -0.05) is 6.07 Å². The minimum Gasteiger partial charge on any atom is -0.346 e. The first kappa shape index (κ1) is 17.3. The number of amides is 1. The number of nitrogens with zero attached hydrogens (tertiary/aromatic N) is 2. The number of aryl methyl sites for hydroxylation is 1. The molecule has 1 aliphatic rings. The molecule has 0 aliphatic carbocycles. The van der Waals surface area contributed by atoms with Gasteiger partial charge in [-0.05, 0) is 49.2 Å². The minimum absolute atomic E-state index is 0.0883. The van der Waals surface area contributed by atoms with Crippen LogP contribution < -0.4 is 10.9 Å². The summed E-state index contributed by atoms with van der Waals surface area (Å²) < 4.78 is 28.1. The van der Waals surface area contributed by atoms with Crippen molar-refractivity contribution in [1.82, 2.24) is 14.9 Å². The molecule has 1 amide bonds. The van der Waals surface area contributed by atoms with Crippen LogP contribution in [0.25, 0.3) is 10.9 Å². The van der Waals surface area contributed by atoms with Gasteiger partial charge in [0.1, 0.15) is 5.82 Å². The van der Waals surface area contributed by atoms with Gasteiger partial charge in [0.25, 0.3) is 11.5 Å². The number of hydrogen-bond acceptors (Lipinski definition) is 3. The van der Waals surface area contributed by atoms with Crippen LogP contribution in [0.3, 0.4) is 0 Å². The zero-order chi connectivity index (χ0) is 19.1. The Morgan fingerprint density at radius 1 is 1.19 bits per heavy atom. The molecular formula is C20H17F2N3O2. The quantitative estimate of drug-likeness (QED) is 0.772. The van der Waals surface area contributed by atoms with E-state index in [-0.39, 0.29) is 11.5 Å². The molecule has 0 bridgehead atoms. The van der Waals surface area contributed by atoms with Crippen molar-refractivity contribution in [3.63, 3.8) is 0 Å². The molecule has 1 aromatic heterocycles. The third kappa shape index (κ3) is 3.09. The summed E-state index contributed by atoms with van der Waals surface area (Å²) in [5, 5.41) is 3.23. The fraction of sp³-hybridized carbons (Fsp3) is 0.250. The molecule has 0 saturated heterocycles. The van der Waals surface area contributed by atoms with Crippen molar-refractivity contribution in [3.8, 4) is 0 Å². The van der Waals surface area contributed by atoms with Crippen LogP contribution in [0, 0.1) is 11.6 Å². The lowest BCUT2D eigenvalue weighted by Gasteiger charge is -2.15. The zero-order valence-corrected chi connectivity index (χ0v) is 14.6. The van der Waals surface area contributed by atoms with Gasteiger partial charge < -0.3 is 5.32 Å². The molecule has 138 valence electrons. The first-order valence-electron chi connectivity index (χ1n) is 8.73. The summed E-state index contributed by atoms with van der Waals surface area (Å²) >= 11 is 0. The Hall–Kier alpha value is -3.09. The third-order valence-electron chi connectivity index (χ3n) is 4.87. The van der Waals surface area contributed by atoms with Gasteiger partial charge >= 0.3 is 0 Å². The number of halogens is 2. The molecule has 0 spiro atoms. The van der Waals surface area contributed by atoms with Crippen LogP contribution in [0.1, 0.15) is 41.1 Å². The molecule has 4 rings (SSSR count). The predicted octanol–water partition coefficient (Wildman–Crippen LogP) is 3.11. The van der Waals surface area contributed by atoms with E-state index in [9.17, 15) is 18.4 Å². The standard InChI is InChI=1S/C20H17F2N3O2/c1-11(12-5-7-15(21)16(22)9-12)23-19(26)13-4-6-14-17(10-13)24-18-3-2-8-25(18)20(14)27/h4-7,9-11H,2-3,8H2,1H3,(H,23,26)/t11-/m1/s1. The molecule has 2 aromatic carbocycles. The molecule has 1 atom stereocenters. The van der Waals surface area contributed by atoms with E-state index in [1.807, 2.05) is 0 Å². The molecule has 3 aromatic rings. The van der Waals surface area contributed by atoms with Crippen molar-refractivity contribution < 1.29 is 13.6 Å². The number of carbonyl (C=O) groups is 1. The molecule has 1 aliphatic heterocycles. The number of hydrogen-bond donors (Lipinski definition) is 1. The third-order valence-corrected chi connectivity index (χ3v) is 4.87. The fourth-order valence-corrected chi connectivity index (χ4v) is 3.37. The number of nitrogens with one attached hydrogen (secondary N) is 1. The summed E-state index contributed by atoms with van der Waals surface area (Å²) in [7, 11) is 0. The van der Waals surface area contributed by atoms with Crippen molar-refractivity contribution in [2.45, 2.75) is 32.4 Å². The SMILES string of the molecule is C[C@@H](NC(=O)c1ccc2c(=O)n3c(nc2c1)CCC3)c1ccc(F)c(F)c1. The first-order chi connectivity index (χ1) is 12.9. The van der Waals surface area contributed by atoms with E-state index >= 15 is 0 Å². The second-order valence-corrected chi connectivity index (χ2v) is 6.69. The van der Waals surface area contributed by atoms with E-state index in [0.717, 1.165) is 30.8 Å². The maximum atomic E-state index is 13.4. The highest BCUT2D eigenvalue weighted by Gasteiger charge is 2.18. The minimum atomic E-state index is -0.960. The van der Waals surface area contributed by atoms with Gasteiger partial charge in [0, 0.05) is 18.5 Å². The Morgan fingerprint density at radius 3 is 2.78 bits per heavy atom. The van der Waals surface area contributed by atoms with E-state index in [2.05, 4.69) is 10.3 Å². The number of aromatic nitrogens is 2. The Kier molecular flexibility index (Phi) is 4.22. The van der Waals surface area contributed by atoms with E-state index in [1.54, 1.807) is 29.7 Å².